The first-order chi connectivity index (χ1) is 6.79. The molecule has 4 heteroatoms. The number of nitrogens with two attached hydrogens (primary N) is 1. The maximum absolute atomic E-state index is 5.69. The van der Waals surface area contributed by atoms with Gasteiger partial charge in [-0.25, -0.2) is 9.97 Å². The highest BCUT2D eigenvalue weighted by molar-refractivity contribution is 5.32. The lowest BCUT2D eigenvalue weighted by Gasteiger charge is -2.04. The Balaban J connectivity index is 2.13. The third-order valence-corrected chi connectivity index (χ3v) is 2.24. The molecule has 0 radical (unpaired) electrons. The van der Waals surface area contributed by atoms with Crippen LogP contribution in [0.5, 0.6) is 0 Å². The first-order valence-corrected chi connectivity index (χ1v) is 5.00. The summed E-state index contributed by atoms with van der Waals surface area (Å²) >= 11 is 0. The second-order valence-corrected chi connectivity index (χ2v) is 3.55. The van der Waals surface area contributed by atoms with Crippen LogP contribution in [0.2, 0.25) is 0 Å². The van der Waals surface area contributed by atoms with Crippen LogP contribution in [0.4, 0.5) is 5.82 Å². The second kappa shape index (κ2) is 3.92. The number of rotatable bonds is 4. The van der Waals surface area contributed by atoms with Crippen molar-refractivity contribution >= 4 is 5.82 Å². The summed E-state index contributed by atoms with van der Waals surface area (Å²) in [7, 11) is 0. The van der Waals surface area contributed by atoms with Gasteiger partial charge >= 0.3 is 0 Å². The van der Waals surface area contributed by atoms with Crippen LogP contribution in [-0.4, -0.2) is 16.6 Å². The van der Waals surface area contributed by atoms with Crippen LogP contribution in [0.25, 0.3) is 0 Å². The van der Waals surface area contributed by atoms with Gasteiger partial charge in [0.2, 0.25) is 0 Å². The van der Waals surface area contributed by atoms with Crippen molar-refractivity contribution in [1.82, 2.24) is 9.97 Å². The van der Waals surface area contributed by atoms with Gasteiger partial charge in [-0.15, -0.1) is 0 Å². The third kappa shape index (κ3) is 2.20. The predicted molar refractivity (Wildman–Crippen MR) is 53.7 cm³/mol. The molecule has 1 heterocycles. The van der Waals surface area contributed by atoms with E-state index in [0.29, 0.717) is 30.8 Å². The lowest BCUT2D eigenvalue weighted by Crippen LogP contribution is -2.04. The number of anilines is 1. The topological polar surface area (TPSA) is 61.0 Å². The van der Waals surface area contributed by atoms with E-state index in [-0.39, 0.29) is 0 Å². The van der Waals surface area contributed by atoms with Crippen LogP contribution in [0.15, 0.2) is 6.07 Å². The first-order valence-electron chi connectivity index (χ1n) is 5.00. The molecular weight excluding hydrogens is 178 g/mol. The summed E-state index contributed by atoms with van der Waals surface area (Å²) in [4.78, 5) is 8.54. The number of aromatic nitrogens is 2. The fraction of sp³-hybridized carbons (Fsp3) is 0.600. The van der Waals surface area contributed by atoms with Gasteiger partial charge in [-0.05, 0) is 19.8 Å². The van der Waals surface area contributed by atoms with Gasteiger partial charge < -0.3 is 10.5 Å². The molecule has 2 rings (SSSR count). The van der Waals surface area contributed by atoms with E-state index in [1.54, 1.807) is 0 Å². The Kier molecular flexibility index (Phi) is 2.63. The molecule has 1 aromatic heterocycles. The molecular formula is C10H15N3O. The predicted octanol–water partition coefficient (Wildman–Crippen LogP) is 1.47. The van der Waals surface area contributed by atoms with Crippen molar-refractivity contribution in [2.75, 3.05) is 12.3 Å². The highest BCUT2D eigenvalue weighted by Gasteiger charge is 2.25. The molecule has 1 aliphatic rings. The van der Waals surface area contributed by atoms with E-state index in [4.69, 9.17) is 10.5 Å². The molecule has 0 amide bonds. The van der Waals surface area contributed by atoms with Gasteiger partial charge in [0.1, 0.15) is 12.4 Å². The standard InChI is InChI=1S/C10H15N3O/c1-2-14-6-10-12-8(7-3-4-7)5-9(11)13-10/h5,7H,2-4,6H2,1H3,(H2,11,12,13). The summed E-state index contributed by atoms with van der Waals surface area (Å²) in [5.41, 5.74) is 6.77. The molecule has 1 aliphatic carbocycles. The van der Waals surface area contributed by atoms with Crippen LogP contribution in [0.3, 0.4) is 0 Å². The molecule has 0 unspecified atom stereocenters. The van der Waals surface area contributed by atoms with Gasteiger partial charge in [0.25, 0.3) is 0 Å². The molecule has 1 aromatic rings. The molecule has 0 aliphatic heterocycles. The molecule has 0 atom stereocenters. The van der Waals surface area contributed by atoms with E-state index in [1.165, 1.54) is 12.8 Å². The molecule has 4 nitrogen and oxygen atoms in total. The van der Waals surface area contributed by atoms with Gasteiger partial charge in [-0.1, -0.05) is 0 Å². The number of ether oxygens (including phenoxy) is 1. The van der Waals surface area contributed by atoms with Crippen molar-refractivity contribution in [3.05, 3.63) is 17.6 Å². The first kappa shape index (κ1) is 9.40. The molecule has 0 bridgehead atoms. The molecule has 0 aromatic carbocycles. The maximum Gasteiger partial charge on any atom is 0.156 e. The Bertz CT molecular complexity index is 323. The molecule has 1 fully saturated rings. The van der Waals surface area contributed by atoms with E-state index in [0.717, 1.165) is 5.69 Å². The minimum atomic E-state index is 0.460. The van der Waals surface area contributed by atoms with Crippen molar-refractivity contribution in [3.8, 4) is 0 Å². The van der Waals surface area contributed by atoms with Gasteiger partial charge in [-0.3, -0.25) is 0 Å². The molecule has 14 heavy (non-hydrogen) atoms. The van der Waals surface area contributed by atoms with E-state index >= 15 is 0 Å². The molecule has 2 N–H and O–H groups in total. The van der Waals surface area contributed by atoms with Crippen molar-refractivity contribution in [2.45, 2.75) is 32.3 Å². The van der Waals surface area contributed by atoms with Gasteiger partial charge in [-0.2, -0.15) is 0 Å². The van der Waals surface area contributed by atoms with Gasteiger partial charge in [0, 0.05) is 24.3 Å². The van der Waals surface area contributed by atoms with Crippen LogP contribution in [0.1, 0.15) is 37.2 Å². The number of hydrogen-bond donors (Lipinski definition) is 1. The SMILES string of the molecule is CCOCc1nc(N)cc(C2CC2)n1. The van der Waals surface area contributed by atoms with Crippen molar-refractivity contribution in [2.24, 2.45) is 0 Å². The van der Waals surface area contributed by atoms with Crippen LogP contribution in [0, 0.1) is 0 Å². The molecule has 1 saturated carbocycles. The Morgan fingerprint density at radius 1 is 1.50 bits per heavy atom. The van der Waals surface area contributed by atoms with Crippen LogP contribution in [-0.2, 0) is 11.3 Å². The van der Waals surface area contributed by atoms with E-state index < -0.39 is 0 Å². The maximum atomic E-state index is 5.69. The molecule has 0 saturated heterocycles. The van der Waals surface area contributed by atoms with E-state index in [1.807, 2.05) is 13.0 Å². The smallest absolute Gasteiger partial charge is 0.156 e. The highest BCUT2D eigenvalue weighted by Crippen LogP contribution is 2.39. The average molecular weight is 193 g/mol. The summed E-state index contributed by atoms with van der Waals surface area (Å²) in [6.07, 6.45) is 2.45. The summed E-state index contributed by atoms with van der Waals surface area (Å²) in [6.45, 7) is 3.09. The fourth-order valence-electron chi connectivity index (χ4n) is 1.39. The highest BCUT2D eigenvalue weighted by atomic mass is 16.5. The Morgan fingerprint density at radius 2 is 2.29 bits per heavy atom. The Hall–Kier alpha value is -1.16. The Labute approximate surface area is 83.5 Å². The zero-order valence-corrected chi connectivity index (χ0v) is 8.36. The average Bonchev–Trinajstić information content (AvgIpc) is 2.97. The lowest BCUT2D eigenvalue weighted by molar-refractivity contribution is 0.128. The molecule has 0 spiro atoms. The normalized spacial score (nSPS) is 15.8. The minimum absolute atomic E-state index is 0.460. The van der Waals surface area contributed by atoms with Gasteiger partial charge in [0.05, 0.1) is 0 Å². The summed E-state index contributed by atoms with van der Waals surface area (Å²) < 4.78 is 5.25. The summed E-state index contributed by atoms with van der Waals surface area (Å²) in [5.74, 6) is 1.87. The van der Waals surface area contributed by atoms with Crippen molar-refractivity contribution in [3.63, 3.8) is 0 Å². The van der Waals surface area contributed by atoms with E-state index in [9.17, 15) is 0 Å². The lowest BCUT2D eigenvalue weighted by atomic mass is 10.3. The fourth-order valence-corrected chi connectivity index (χ4v) is 1.39. The van der Waals surface area contributed by atoms with Crippen LogP contribution >= 0.6 is 0 Å². The van der Waals surface area contributed by atoms with E-state index in [2.05, 4.69) is 9.97 Å². The number of nitrogens with zero attached hydrogens (tertiary/aromatic N) is 2. The summed E-state index contributed by atoms with van der Waals surface area (Å²) in [5, 5.41) is 0. The largest absolute Gasteiger partial charge is 0.384 e. The zero-order chi connectivity index (χ0) is 9.97. The second-order valence-electron chi connectivity index (χ2n) is 3.55. The zero-order valence-electron chi connectivity index (χ0n) is 8.36. The van der Waals surface area contributed by atoms with Crippen LogP contribution < -0.4 is 5.73 Å². The third-order valence-electron chi connectivity index (χ3n) is 2.24. The number of nitrogen functional groups attached to an aromatic ring is 1. The van der Waals surface area contributed by atoms with Crippen molar-refractivity contribution in [1.29, 1.82) is 0 Å². The summed E-state index contributed by atoms with van der Waals surface area (Å²) in [6, 6.07) is 1.87. The monoisotopic (exact) mass is 193 g/mol. The molecule has 76 valence electrons. The quantitative estimate of drug-likeness (QED) is 0.786. The van der Waals surface area contributed by atoms with Gasteiger partial charge in [0.15, 0.2) is 5.82 Å². The number of hydrogen-bond acceptors (Lipinski definition) is 4. The minimum Gasteiger partial charge on any atom is -0.384 e. The Morgan fingerprint density at radius 3 is 2.93 bits per heavy atom. The van der Waals surface area contributed by atoms with Crippen molar-refractivity contribution < 1.29 is 4.74 Å².